The van der Waals surface area contributed by atoms with Crippen molar-refractivity contribution in [3.63, 3.8) is 0 Å². The van der Waals surface area contributed by atoms with Crippen LogP contribution in [0, 0.1) is 0 Å². The van der Waals surface area contributed by atoms with E-state index in [-0.39, 0.29) is 5.69 Å². The van der Waals surface area contributed by atoms with Crippen molar-refractivity contribution >= 4 is 5.97 Å². The minimum atomic E-state index is -0.504. The second-order valence-corrected chi connectivity index (χ2v) is 4.83. The van der Waals surface area contributed by atoms with Gasteiger partial charge in [0.05, 0.1) is 20.3 Å². The highest BCUT2D eigenvalue weighted by molar-refractivity contribution is 5.87. The van der Waals surface area contributed by atoms with Gasteiger partial charge in [0.2, 0.25) is 5.89 Å². The van der Waals surface area contributed by atoms with E-state index >= 15 is 0 Å². The quantitative estimate of drug-likeness (QED) is 0.545. The third kappa shape index (κ3) is 4.25. The van der Waals surface area contributed by atoms with E-state index in [0.717, 1.165) is 12.8 Å². The number of hydrogen-bond acceptors (Lipinski definition) is 6. The molecular weight excluding hydrogens is 298 g/mol. The SMILES string of the molecule is CCCCOc1cc(-c2nc(C(=O)OCC)co2)ccc1OC. The van der Waals surface area contributed by atoms with Crippen LogP contribution >= 0.6 is 0 Å². The van der Waals surface area contributed by atoms with Crippen LogP contribution in [0.4, 0.5) is 0 Å². The summed E-state index contributed by atoms with van der Waals surface area (Å²) in [6.07, 6.45) is 3.29. The zero-order valence-corrected chi connectivity index (χ0v) is 13.6. The van der Waals surface area contributed by atoms with E-state index in [4.69, 9.17) is 18.6 Å². The molecule has 0 spiro atoms. The third-order valence-corrected chi connectivity index (χ3v) is 3.15. The molecule has 6 nitrogen and oxygen atoms in total. The molecule has 0 bridgehead atoms. The van der Waals surface area contributed by atoms with Crippen LogP contribution in [0.25, 0.3) is 11.5 Å². The van der Waals surface area contributed by atoms with Crippen LogP contribution in [0.2, 0.25) is 0 Å². The molecule has 124 valence electrons. The van der Waals surface area contributed by atoms with Gasteiger partial charge in [-0.3, -0.25) is 0 Å². The standard InChI is InChI=1S/C17H21NO5/c1-4-6-9-22-15-10-12(7-8-14(15)20-3)16-18-13(11-23-16)17(19)21-5-2/h7-8,10-11H,4-6,9H2,1-3H3. The van der Waals surface area contributed by atoms with Gasteiger partial charge in [-0.25, -0.2) is 9.78 Å². The first kappa shape index (κ1) is 16.9. The van der Waals surface area contributed by atoms with E-state index in [2.05, 4.69) is 11.9 Å². The van der Waals surface area contributed by atoms with Crippen molar-refractivity contribution in [2.45, 2.75) is 26.7 Å². The summed E-state index contributed by atoms with van der Waals surface area (Å²) in [4.78, 5) is 15.8. The lowest BCUT2D eigenvalue weighted by molar-refractivity contribution is 0.0519. The summed E-state index contributed by atoms with van der Waals surface area (Å²) < 4.78 is 21.3. The molecule has 0 fully saturated rings. The number of esters is 1. The number of unbranched alkanes of at least 4 members (excludes halogenated alkanes) is 1. The van der Waals surface area contributed by atoms with E-state index in [9.17, 15) is 4.79 Å². The van der Waals surface area contributed by atoms with Crippen LogP contribution in [0.1, 0.15) is 37.2 Å². The maximum atomic E-state index is 11.6. The Bertz CT molecular complexity index is 650. The summed E-state index contributed by atoms with van der Waals surface area (Å²) in [7, 11) is 1.59. The van der Waals surface area contributed by atoms with Gasteiger partial charge >= 0.3 is 5.97 Å². The van der Waals surface area contributed by atoms with Gasteiger partial charge < -0.3 is 18.6 Å². The molecule has 2 rings (SSSR count). The third-order valence-electron chi connectivity index (χ3n) is 3.15. The number of carbonyl (C=O) groups excluding carboxylic acids is 1. The number of methoxy groups -OCH3 is 1. The lowest BCUT2D eigenvalue weighted by Gasteiger charge is -2.11. The van der Waals surface area contributed by atoms with Crippen LogP contribution < -0.4 is 9.47 Å². The topological polar surface area (TPSA) is 70.8 Å². The van der Waals surface area contributed by atoms with E-state index in [1.807, 2.05) is 0 Å². The molecule has 0 saturated heterocycles. The number of ether oxygens (including phenoxy) is 3. The fourth-order valence-corrected chi connectivity index (χ4v) is 1.95. The molecule has 1 aromatic carbocycles. The molecule has 0 unspecified atom stereocenters. The monoisotopic (exact) mass is 319 g/mol. The van der Waals surface area contributed by atoms with Crippen molar-refractivity contribution in [1.29, 1.82) is 0 Å². The minimum absolute atomic E-state index is 0.145. The molecule has 0 saturated carbocycles. The molecule has 0 aliphatic carbocycles. The van der Waals surface area contributed by atoms with Gasteiger partial charge in [0.25, 0.3) is 0 Å². The summed E-state index contributed by atoms with van der Waals surface area (Å²) in [6, 6.07) is 5.37. The molecule has 0 N–H and O–H groups in total. The average Bonchev–Trinajstić information content (AvgIpc) is 3.05. The lowest BCUT2D eigenvalue weighted by Crippen LogP contribution is -2.04. The van der Waals surface area contributed by atoms with E-state index < -0.39 is 5.97 Å². The molecule has 2 aromatic rings. The summed E-state index contributed by atoms with van der Waals surface area (Å²) >= 11 is 0. The Morgan fingerprint density at radius 3 is 2.78 bits per heavy atom. The largest absolute Gasteiger partial charge is 0.493 e. The van der Waals surface area contributed by atoms with Crippen LogP contribution in [0.3, 0.4) is 0 Å². The Kier molecular flexibility index (Phi) is 6.02. The molecule has 6 heteroatoms. The first-order valence-corrected chi connectivity index (χ1v) is 7.63. The zero-order valence-electron chi connectivity index (χ0n) is 13.6. The van der Waals surface area contributed by atoms with Gasteiger partial charge in [-0.05, 0) is 31.5 Å². The summed E-state index contributed by atoms with van der Waals surface area (Å²) in [6.45, 7) is 4.73. The Hall–Kier alpha value is -2.50. The maximum absolute atomic E-state index is 11.6. The predicted octanol–water partition coefficient (Wildman–Crippen LogP) is 3.71. The van der Waals surface area contributed by atoms with Gasteiger partial charge in [-0.2, -0.15) is 0 Å². The number of nitrogens with zero attached hydrogens (tertiary/aromatic N) is 1. The normalized spacial score (nSPS) is 10.4. The first-order valence-electron chi connectivity index (χ1n) is 7.63. The maximum Gasteiger partial charge on any atom is 0.360 e. The summed E-state index contributed by atoms with van der Waals surface area (Å²) in [5.41, 5.74) is 0.846. The minimum Gasteiger partial charge on any atom is -0.493 e. The summed E-state index contributed by atoms with van der Waals surface area (Å²) in [5.74, 6) is 1.09. The molecule has 0 amide bonds. The Morgan fingerprint density at radius 2 is 2.09 bits per heavy atom. The zero-order chi connectivity index (χ0) is 16.7. The number of carbonyl (C=O) groups is 1. The smallest absolute Gasteiger partial charge is 0.360 e. The fraction of sp³-hybridized carbons (Fsp3) is 0.412. The summed E-state index contributed by atoms with van der Waals surface area (Å²) in [5, 5.41) is 0. The average molecular weight is 319 g/mol. The van der Waals surface area contributed by atoms with E-state index in [1.165, 1.54) is 6.26 Å². The number of benzene rings is 1. The van der Waals surface area contributed by atoms with Crippen molar-refractivity contribution in [2.24, 2.45) is 0 Å². The Labute approximate surface area is 135 Å². The predicted molar refractivity (Wildman–Crippen MR) is 84.9 cm³/mol. The van der Waals surface area contributed by atoms with Gasteiger partial charge in [-0.15, -0.1) is 0 Å². The van der Waals surface area contributed by atoms with Crippen molar-refractivity contribution in [1.82, 2.24) is 4.98 Å². The van der Waals surface area contributed by atoms with Crippen molar-refractivity contribution < 1.29 is 23.4 Å². The molecule has 0 radical (unpaired) electrons. The second-order valence-electron chi connectivity index (χ2n) is 4.83. The van der Waals surface area contributed by atoms with Gasteiger partial charge in [0.1, 0.15) is 6.26 Å². The first-order chi connectivity index (χ1) is 11.2. The molecule has 0 atom stereocenters. The highest BCUT2D eigenvalue weighted by atomic mass is 16.5. The Balaban J connectivity index is 2.22. The van der Waals surface area contributed by atoms with Crippen LogP contribution in [0.15, 0.2) is 28.9 Å². The van der Waals surface area contributed by atoms with Crippen LogP contribution in [-0.4, -0.2) is 31.3 Å². The number of oxazole rings is 1. The molecule has 0 aliphatic rings. The fourth-order valence-electron chi connectivity index (χ4n) is 1.95. The van der Waals surface area contributed by atoms with Crippen molar-refractivity contribution in [3.05, 3.63) is 30.2 Å². The molecular formula is C17H21NO5. The second kappa shape index (κ2) is 8.22. The van der Waals surface area contributed by atoms with Crippen LogP contribution in [-0.2, 0) is 4.74 Å². The highest BCUT2D eigenvalue weighted by Crippen LogP contribution is 2.32. The number of hydrogen-bond donors (Lipinski definition) is 0. The Morgan fingerprint density at radius 1 is 1.26 bits per heavy atom. The van der Waals surface area contributed by atoms with Gasteiger partial charge in [0.15, 0.2) is 17.2 Å². The van der Waals surface area contributed by atoms with Crippen molar-refractivity contribution in [3.8, 4) is 23.0 Å². The molecule has 1 heterocycles. The highest BCUT2D eigenvalue weighted by Gasteiger charge is 2.16. The van der Waals surface area contributed by atoms with Gasteiger partial charge in [-0.1, -0.05) is 13.3 Å². The molecule has 1 aromatic heterocycles. The number of rotatable bonds is 8. The lowest BCUT2D eigenvalue weighted by atomic mass is 10.2. The molecule has 0 aliphatic heterocycles. The molecule has 23 heavy (non-hydrogen) atoms. The van der Waals surface area contributed by atoms with E-state index in [0.29, 0.717) is 36.2 Å². The van der Waals surface area contributed by atoms with Gasteiger partial charge in [0, 0.05) is 5.56 Å². The van der Waals surface area contributed by atoms with Crippen molar-refractivity contribution in [2.75, 3.05) is 20.3 Å². The number of aromatic nitrogens is 1. The van der Waals surface area contributed by atoms with Crippen LogP contribution in [0.5, 0.6) is 11.5 Å². The van der Waals surface area contributed by atoms with E-state index in [1.54, 1.807) is 32.2 Å².